The number of nitrogens with two attached hydrogens (primary N) is 1. The zero-order valence-corrected chi connectivity index (χ0v) is 9.77. The van der Waals surface area contributed by atoms with Crippen molar-refractivity contribution in [3.63, 3.8) is 0 Å². The van der Waals surface area contributed by atoms with Gasteiger partial charge in [0, 0.05) is 20.3 Å². The fraction of sp³-hybridized carbons (Fsp3) is 0.700. The van der Waals surface area contributed by atoms with Crippen molar-refractivity contribution in [1.82, 2.24) is 15.0 Å². The number of aryl methyl sites for hydroxylation is 1. The number of primary amides is 1. The monoisotopic (exact) mass is 226 g/mol. The molecule has 0 aliphatic rings. The van der Waals surface area contributed by atoms with Crippen LogP contribution in [0, 0.1) is 0 Å². The van der Waals surface area contributed by atoms with Gasteiger partial charge in [0.05, 0.1) is 5.69 Å². The summed E-state index contributed by atoms with van der Waals surface area (Å²) >= 11 is 0. The molecule has 1 amide bonds. The number of ether oxygens (including phenoxy) is 1. The molecule has 1 rings (SSSR count). The van der Waals surface area contributed by atoms with Crippen molar-refractivity contribution in [2.45, 2.75) is 32.7 Å². The highest BCUT2D eigenvalue weighted by Crippen LogP contribution is 2.07. The number of amides is 1. The van der Waals surface area contributed by atoms with Gasteiger partial charge < -0.3 is 10.5 Å². The first-order valence-corrected chi connectivity index (χ1v) is 5.41. The third-order valence-electron chi connectivity index (χ3n) is 2.37. The second-order valence-corrected chi connectivity index (χ2v) is 3.53. The van der Waals surface area contributed by atoms with Crippen LogP contribution in [0.15, 0.2) is 0 Å². The summed E-state index contributed by atoms with van der Waals surface area (Å²) in [5, 5.41) is 7.72. The molecule has 0 spiro atoms. The van der Waals surface area contributed by atoms with Crippen LogP contribution in [0.3, 0.4) is 0 Å². The highest BCUT2D eigenvalue weighted by atomic mass is 16.5. The summed E-state index contributed by atoms with van der Waals surface area (Å²) in [6.07, 6.45) is 2.61. The molecule has 0 aromatic carbocycles. The first kappa shape index (κ1) is 12.6. The molecule has 0 bridgehead atoms. The largest absolute Gasteiger partial charge is 0.385 e. The number of hydrogen-bond acceptors (Lipinski definition) is 4. The molecule has 0 unspecified atom stereocenters. The molecule has 0 saturated carbocycles. The zero-order valence-electron chi connectivity index (χ0n) is 9.77. The smallest absolute Gasteiger partial charge is 0.271 e. The van der Waals surface area contributed by atoms with E-state index in [-0.39, 0.29) is 5.69 Å². The summed E-state index contributed by atoms with van der Waals surface area (Å²) in [5.41, 5.74) is 6.30. The molecular weight excluding hydrogens is 208 g/mol. The van der Waals surface area contributed by atoms with Gasteiger partial charge in [0.2, 0.25) is 0 Å². The second-order valence-electron chi connectivity index (χ2n) is 3.53. The Kier molecular flexibility index (Phi) is 4.91. The van der Waals surface area contributed by atoms with Crippen LogP contribution >= 0.6 is 0 Å². The fourth-order valence-corrected chi connectivity index (χ4v) is 1.56. The third kappa shape index (κ3) is 3.03. The van der Waals surface area contributed by atoms with E-state index in [1.165, 1.54) is 0 Å². The molecular formula is C10H18N4O2. The minimum atomic E-state index is -0.514. The summed E-state index contributed by atoms with van der Waals surface area (Å²) in [5.74, 6) is -0.514. The number of carbonyl (C=O) groups excluding carboxylic acids is 1. The predicted octanol–water partition coefficient (Wildman–Crippen LogP) is 0.366. The molecule has 0 saturated heterocycles. The maximum absolute atomic E-state index is 11.1. The fourth-order valence-electron chi connectivity index (χ4n) is 1.56. The lowest BCUT2D eigenvalue weighted by atomic mass is 10.2. The van der Waals surface area contributed by atoms with Gasteiger partial charge >= 0.3 is 0 Å². The Bertz CT molecular complexity index is 349. The maximum atomic E-state index is 11.1. The molecule has 6 nitrogen and oxygen atoms in total. The van der Waals surface area contributed by atoms with Crippen LogP contribution in [0.2, 0.25) is 0 Å². The minimum Gasteiger partial charge on any atom is -0.385 e. The Balaban J connectivity index is 2.62. The van der Waals surface area contributed by atoms with E-state index in [9.17, 15) is 4.79 Å². The van der Waals surface area contributed by atoms with E-state index in [1.54, 1.807) is 11.8 Å². The summed E-state index contributed by atoms with van der Waals surface area (Å²) < 4.78 is 6.71. The molecule has 0 aliphatic heterocycles. The van der Waals surface area contributed by atoms with E-state index in [0.717, 1.165) is 31.7 Å². The molecule has 0 aliphatic carbocycles. The van der Waals surface area contributed by atoms with Crippen LogP contribution in [0.25, 0.3) is 0 Å². The summed E-state index contributed by atoms with van der Waals surface area (Å²) in [6, 6.07) is 0. The molecule has 1 heterocycles. The second kappa shape index (κ2) is 6.22. The van der Waals surface area contributed by atoms with Gasteiger partial charge in [-0.3, -0.25) is 4.79 Å². The highest BCUT2D eigenvalue weighted by molar-refractivity contribution is 5.91. The number of rotatable bonds is 7. The lowest BCUT2D eigenvalue weighted by Crippen LogP contribution is -2.15. The van der Waals surface area contributed by atoms with Gasteiger partial charge in [-0.25, -0.2) is 4.68 Å². The van der Waals surface area contributed by atoms with Gasteiger partial charge in [-0.2, -0.15) is 0 Å². The van der Waals surface area contributed by atoms with Gasteiger partial charge in [0.15, 0.2) is 5.69 Å². The average Bonchev–Trinajstić information content (AvgIpc) is 2.67. The average molecular weight is 226 g/mol. The van der Waals surface area contributed by atoms with Gasteiger partial charge in [-0.15, -0.1) is 5.10 Å². The molecule has 1 aromatic heterocycles. The summed E-state index contributed by atoms with van der Waals surface area (Å²) in [6.45, 7) is 3.43. The molecule has 2 N–H and O–H groups in total. The third-order valence-corrected chi connectivity index (χ3v) is 2.37. The van der Waals surface area contributed by atoms with E-state index in [1.807, 2.05) is 6.92 Å². The summed E-state index contributed by atoms with van der Waals surface area (Å²) in [4.78, 5) is 11.1. The lowest BCUT2D eigenvalue weighted by molar-refractivity contribution is 0.0994. The van der Waals surface area contributed by atoms with Crippen molar-refractivity contribution < 1.29 is 9.53 Å². The predicted molar refractivity (Wildman–Crippen MR) is 59.0 cm³/mol. The molecule has 0 fully saturated rings. The van der Waals surface area contributed by atoms with Crippen molar-refractivity contribution in [2.24, 2.45) is 5.73 Å². The normalized spacial score (nSPS) is 10.6. The Morgan fingerprint density at radius 1 is 1.50 bits per heavy atom. The first-order valence-electron chi connectivity index (χ1n) is 5.41. The number of hydrogen-bond donors (Lipinski definition) is 1. The molecule has 0 atom stereocenters. The highest BCUT2D eigenvalue weighted by Gasteiger charge is 2.14. The standard InChI is InChI=1S/C10H18N4O2/c1-3-8-9(10(11)15)12-13-14(8)6-4-5-7-16-2/h3-7H2,1-2H3,(H2,11,15). The van der Waals surface area contributed by atoms with Crippen molar-refractivity contribution in [1.29, 1.82) is 0 Å². The van der Waals surface area contributed by atoms with Crippen LogP contribution in [0.1, 0.15) is 35.9 Å². The van der Waals surface area contributed by atoms with E-state index in [4.69, 9.17) is 10.5 Å². The van der Waals surface area contributed by atoms with Crippen molar-refractivity contribution in [3.8, 4) is 0 Å². The zero-order chi connectivity index (χ0) is 12.0. The molecule has 6 heteroatoms. The van der Waals surface area contributed by atoms with Crippen molar-refractivity contribution in [3.05, 3.63) is 11.4 Å². The molecule has 90 valence electrons. The van der Waals surface area contributed by atoms with Crippen LogP contribution in [-0.2, 0) is 17.7 Å². The lowest BCUT2D eigenvalue weighted by Gasteiger charge is -2.04. The van der Waals surface area contributed by atoms with Gasteiger partial charge in [-0.1, -0.05) is 12.1 Å². The molecule has 16 heavy (non-hydrogen) atoms. The van der Waals surface area contributed by atoms with Crippen LogP contribution in [-0.4, -0.2) is 34.6 Å². The maximum Gasteiger partial charge on any atom is 0.271 e. The SMILES string of the molecule is CCc1c(C(N)=O)nnn1CCCCOC. The van der Waals surface area contributed by atoms with Gasteiger partial charge in [-0.05, 0) is 19.3 Å². The Morgan fingerprint density at radius 3 is 2.81 bits per heavy atom. The van der Waals surface area contributed by atoms with E-state index >= 15 is 0 Å². The topological polar surface area (TPSA) is 83.0 Å². The number of unbranched alkanes of at least 4 members (excludes halogenated alkanes) is 1. The number of nitrogens with zero attached hydrogens (tertiary/aromatic N) is 3. The Labute approximate surface area is 94.8 Å². The number of carbonyl (C=O) groups is 1. The van der Waals surface area contributed by atoms with Gasteiger partial charge in [0.25, 0.3) is 5.91 Å². The number of methoxy groups -OCH3 is 1. The van der Waals surface area contributed by atoms with Crippen molar-refractivity contribution >= 4 is 5.91 Å². The van der Waals surface area contributed by atoms with Gasteiger partial charge in [0.1, 0.15) is 0 Å². The van der Waals surface area contributed by atoms with E-state index in [2.05, 4.69) is 10.3 Å². The first-order chi connectivity index (χ1) is 7.70. The number of aromatic nitrogens is 3. The van der Waals surface area contributed by atoms with Crippen LogP contribution in [0.4, 0.5) is 0 Å². The van der Waals surface area contributed by atoms with Crippen LogP contribution in [0.5, 0.6) is 0 Å². The van der Waals surface area contributed by atoms with E-state index in [0.29, 0.717) is 6.42 Å². The molecule has 1 aromatic rings. The van der Waals surface area contributed by atoms with E-state index < -0.39 is 5.91 Å². The van der Waals surface area contributed by atoms with Crippen LogP contribution < -0.4 is 5.73 Å². The Morgan fingerprint density at radius 2 is 2.25 bits per heavy atom. The Hall–Kier alpha value is -1.43. The minimum absolute atomic E-state index is 0.286. The summed E-state index contributed by atoms with van der Waals surface area (Å²) in [7, 11) is 1.68. The molecule has 0 radical (unpaired) electrons. The quantitative estimate of drug-likeness (QED) is 0.681. The van der Waals surface area contributed by atoms with Crippen molar-refractivity contribution in [2.75, 3.05) is 13.7 Å².